The maximum absolute atomic E-state index is 9.93. The number of nitrogens with two attached hydrogens (primary N) is 1. The van der Waals surface area contributed by atoms with E-state index in [1.165, 1.54) is 0 Å². The van der Waals surface area contributed by atoms with Crippen molar-refractivity contribution in [1.29, 1.82) is 0 Å². The molecule has 5 heteroatoms. The van der Waals surface area contributed by atoms with E-state index in [-0.39, 0.29) is 12.1 Å². The zero-order valence-corrected chi connectivity index (χ0v) is 10.9. The minimum Gasteiger partial charge on any atom is -0.391 e. The molecule has 1 aromatic rings. The maximum atomic E-state index is 9.93. The molecule has 0 amide bonds. The number of halogens is 1. The SMILES string of the molecule is Cc1nn(C2CCCCC2O)c(N)c1I. The van der Waals surface area contributed by atoms with Crippen LogP contribution in [0.25, 0.3) is 0 Å². The molecule has 84 valence electrons. The maximum Gasteiger partial charge on any atom is 0.135 e. The molecule has 1 aliphatic rings. The number of nitrogen functional groups attached to an aromatic ring is 1. The van der Waals surface area contributed by atoms with Gasteiger partial charge in [-0.3, -0.25) is 0 Å². The number of aromatic nitrogens is 2. The highest BCUT2D eigenvalue weighted by atomic mass is 127. The molecule has 0 bridgehead atoms. The van der Waals surface area contributed by atoms with Crippen molar-refractivity contribution in [3.8, 4) is 0 Å². The van der Waals surface area contributed by atoms with Crippen molar-refractivity contribution in [1.82, 2.24) is 9.78 Å². The zero-order chi connectivity index (χ0) is 11.0. The number of nitrogens with zero attached hydrogens (tertiary/aromatic N) is 2. The molecule has 0 aliphatic heterocycles. The van der Waals surface area contributed by atoms with Crippen LogP contribution in [-0.4, -0.2) is 21.0 Å². The molecule has 15 heavy (non-hydrogen) atoms. The first-order valence-electron chi connectivity index (χ1n) is 5.29. The lowest BCUT2D eigenvalue weighted by Crippen LogP contribution is -2.29. The van der Waals surface area contributed by atoms with Crippen molar-refractivity contribution >= 4 is 28.4 Å². The van der Waals surface area contributed by atoms with Crippen molar-refractivity contribution in [3.05, 3.63) is 9.26 Å². The molecular formula is C10H16IN3O. The average molecular weight is 321 g/mol. The van der Waals surface area contributed by atoms with Crippen LogP contribution in [0.3, 0.4) is 0 Å². The van der Waals surface area contributed by atoms with Gasteiger partial charge in [-0.05, 0) is 42.4 Å². The molecule has 1 aliphatic carbocycles. The predicted octanol–water partition coefficient (Wildman–Crippen LogP) is 1.85. The highest BCUT2D eigenvalue weighted by Crippen LogP contribution is 2.32. The molecule has 1 saturated carbocycles. The van der Waals surface area contributed by atoms with Gasteiger partial charge < -0.3 is 10.8 Å². The molecular weight excluding hydrogens is 305 g/mol. The molecule has 0 saturated heterocycles. The van der Waals surface area contributed by atoms with Gasteiger partial charge in [0.25, 0.3) is 0 Å². The van der Waals surface area contributed by atoms with Gasteiger partial charge >= 0.3 is 0 Å². The summed E-state index contributed by atoms with van der Waals surface area (Å²) in [6, 6.07) is 0.0703. The predicted molar refractivity (Wildman–Crippen MR) is 67.6 cm³/mol. The van der Waals surface area contributed by atoms with Crippen LogP contribution in [0.15, 0.2) is 0 Å². The normalized spacial score (nSPS) is 26.9. The standard InChI is InChI=1S/C10H16IN3O/c1-6-9(11)10(12)14(13-6)7-4-2-3-5-8(7)15/h7-8,15H,2-5,12H2,1H3. The van der Waals surface area contributed by atoms with Crippen molar-refractivity contribution < 1.29 is 5.11 Å². The van der Waals surface area contributed by atoms with E-state index in [9.17, 15) is 5.11 Å². The van der Waals surface area contributed by atoms with Crippen LogP contribution in [0, 0.1) is 10.5 Å². The minimum absolute atomic E-state index is 0.0703. The smallest absolute Gasteiger partial charge is 0.135 e. The molecule has 2 unspecified atom stereocenters. The molecule has 4 nitrogen and oxygen atoms in total. The van der Waals surface area contributed by atoms with Crippen LogP contribution in [0.5, 0.6) is 0 Å². The van der Waals surface area contributed by atoms with E-state index < -0.39 is 0 Å². The fourth-order valence-corrected chi connectivity index (χ4v) is 2.53. The van der Waals surface area contributed by atoms with E-state index in [4.69, 9.17) is 5.73 Å². The molecule has 1 fully saturated rings. The van der Waals surface area contributed by atoms with Crippen LogP contribution in [-0.2, 0) is 0 Å². The number of aliphatic hydroxyl groups is 1. The van der Waals surface area contributed by atoms with Gasteiger partial charge in [0.05, 0.1) is 21.4 Å². The fourth-order valence-electron chi connectivity index (χ4n) is 2.18. The fraction of sp³-hybridized carbons (Fsp3) is 0.700. The Balaban J connectivity index is 2.31. The van der Waals surface area contributed by atoms with Crippen molar-refractivity contribution in [3.63, 3.8) is 0 Å². The van der Waals surface area contributed by atoms with Gasteiger partial charge in [-0.15, -0.1) is 0 Å². The minimum atomic E-state index is -0.295. The summed E-state index contributed by atoms with van der Waals surface area (Å²) in [4.78, 5) is 0. The first kappa shape index (κ1) is 11.2. The molecule has 0 aromatic carbocycles. The van der Waals surface area contributed by atoms with Gasteiger partial charge in [-0.25, -0.2) is 4.68 Å². The second kappa shape index (κ2) is 4.29. The van der Waals surface area contributed by atoms with Crippen LogP contribution >= 0.6 is 22.6 Å². The summed E-state index contributed by atoms with van der Waals surface area (Å²) in [5.41, 5.74) is 6.93. The third kappa shape index (κ3) is 1.99. The Morgan fingerprint density at radius 1 is 1.47 bits per heavy atom. The Morgan fingerprint density at radius 2 is 2.13 bits per heavy atom. The molecule has 0 spiro atoms. The van der Waals surface area contributed by atoms with Crippen molar-refractivity contribution in [2.24, 2.45) is 0 Å². The van der Waals surface area contributed by atoms with E-state index >= 15 is 0 Å². The number of hydrogen-bond donors (Lipinski definition) is 2. The second-order valence-corrected chi connectivity index (χ2v) is 5.23. The summed E-state index contributed by atoms with van der Waals surface area (Å²) in [6.07, 6.45) is 3.80. The van der Waals surface area contributed by atoms with Gasteiger partial charge in [0, 0.05) is 0 Å². The van der Waals surface area contributed by atoms with Gasteiger partial charge in [0.1, 0.15) is 5.82 Å². The van der Waals surface area contributed by atoms with Gasteiger partial charge in [0.15, 0.2) is 0 Å². The lowest BCUT2D eigenvalue weighted by molar-refractivity contribution is 0.0704. The van der Waals surface area contributed by atoms with E-state index in [1.807, 2.05) is 6.92 Å². The molecule has 3 N–H and O–H groups in total. The summed E-state index contributed by atoms with van der Waals surface area (Å²) >= 11 is 2.20. The third-order valence-corrected chi connectivity index (χ3v) is 4.39. The lowest BCUT2D eigenvalue weighted by Gasteiger charge is -2.28. The van der Waals surface area contributed by atoms with E-state index in [0.29, 0.717) is 5.82 Å². The van der Waals surface area contributed by atoms with Crippen molar-refractivity contribution in [2.45, 2.75) is 44.8 Å². The molecule has 2 atom stereocenters. The zero-order valence-electron chi connectivity index (χ0n) is 8.78. The lowest BCUT2D eigenvalue weighted by atomic mass is 9.93. The summed E-state index contributed by atoms with van der Waals surface area (Å²) in [5, 5.41) is 14.3. The first-order chi connectivity index (χ1) is 7.11. The topological polar surface area (TPSA) is 64.1 Å². The quantitative estimate of drug-likeness (QED) is 0.776. The van der Waals surface area contributed by atoms with Gasteiger partial charge in [-0.2, -0.15) is 5.10 Å². The van der Waals surface area contributed by atoms with Crippen LogP contribution in [0.2, 0.25) is 0 Å². The average Bonchev–Trinajstić information content (AvgIpc) is 2.47. The first-order valence-corrected chi connectivity index (χ1v) is 6.37. The Labute approximate surface area is 103 Å². The number of anilines is 1. The largest absolute Gasteiger partial charge is 0.391 e. The summed E-state index contributed by atoms with van der Waals surface area (Å²) in [6.45, 7) is 1.95. The van der Waals surface area contributed by atoms with E-state index in [0.717, 1.165) is 34.9 Å². The summed E-state index contributed by atoms with van der Waals surface area (Å²) in [5.74, 6) is 0.694. The number of hydrogen-bond acceptors (Lipinski definition) is 3. The third-order valence-electron chi connectivity index (χ3n) is 3.06. The Hall–Kier alpha value is -0.300. The van der Waals surface area contributed by atoms with Crippen LogP contribution in [0.1, 0.15) is 37.4 Å². The van der Waals surface area contributed by atoms with E-state index in [1.54, 1.807) is 4.68 Å². The summed E-state index contributed by atoms with van der Waals surface area (Å²) < 4.78 is 2.81. The monoisotopic (exact) mass is 321 g/mol. The number of aryl methyl sites for hydroxylation is 1. The highest BCUT2D eigenvalue weighted by Gasteiger charge is 2.27. The Bertz CT molecular complexity index is 364. The van der Waals surface area contributed by atoms with Crippen molar-refractivity contribution in [2.75, 3.05) is 5.73 Å². The second-order valence-electron chi connectivity index (χ2n) is 4.15. The summed E-state index contributed by atoms with van der Waals surface area (Å²) in [7, 11) is 0. The number of rotatable bonds is 1. The molecule has 0 radical (unpaired) electrons. The van der Waals surface area contributed by atoms with E-state index in [2.05, 4.69) is 27.7 Å². The number of aliphatic hydroxyl groups excluding tert-OH is 1. The highest BCUT2D eigenvalue weighted by molar-refractivity contribution is 14.1. The Morgan fingerprint density at radius 3 is 2.67 bits per heavy atom. The van der Waals surface area contributed by atoms with Gasteiger partial charge in [-0.1, -0.05) is 12.8 Å². The molecule has 2 rings (SSSR count). The Kier molecular flexibility index (Phi) is 3.20. The van der Waals surface area contributed by atoms with Crippen LogP contribution in [0.4, 0.5) is 5.82 Å². The molecule has 1 aromatic heterocycles. The van der Waals surface area contributed by atoms with Crippen LogP contribution < -0.4 is 5.73 Å². The molecule has 1 heterocycles. The van der Waals surface area contributed by atoms with Gasteiger partial charge in [0.2, 0.25) is 0 Å².